The fourth-order valence-corrected chi connectivity index (χ4v) is 16.5. The van der Waals surface area contributed by atoms with Gasteiger partial charge in [0, 0.05) is 26.2 Å². The van der Waals surface area contributed by atoms with Crippen LogP contribution in [0.3, 0.4) is 0 Å². The number of likely N-dealkylation sites (tertiary alicyclic amines) is 4. The van der Waals surface area contributed by atoms with Crippen LogP contribution in [0.1, 0.15) is 228 Å². The summed E-state index contributed by atoms with van der Waals surface area (Å²) < 4.78 is 9.55. The first-order chi connectivity index (χ1) is 53.1. The van der Waals surface area contributed by atoms with E-state index in [2.05, 4.69) is 135 Å². The average Bonchev–Trinajstić information content (AvgIpc) is 1.61. The van der Waals surface area contributed by atoms with Crippen molar-refractivity contribution in [3.05, 3.63) is 143 Å². The molecule has 8 heterocycles. The van der Waals surface area contributed by atoms with Crippen LogP contribution in [0, 0.1) is 23.7 Å². The molecule has 4 aromatic heterocycles. The van der Waals surface area contributed by atoms with Crippen LogP contribution in [-0.4, -0.2) is 187 Å². The van der Waals surface area contributed by atoms with Crippen LogP contribution >= 0.6 is 135 Å². The summed E-state index contributed by atoms with van der Waals surface area (Å²) in [5, 5.41) is 5.43. The van der Waals surface area contributed by atoms with Crippen LogP contribution in [0.2, 0.25) is 0 Å². The molecule has 38 heteroatoms. The molecule has 6 amide bonds. The molecule has 4 aliphatic heterocycles. The Morgan fingerprint density at radius 2 is 0.713 bits per heavy atom. The van der Waals surface area contributed by atoms with Gasteiger partial charge >= 0.3 is 12.2 Å². The maximum absolute atomic E-state index is 13.6. The number of benzene rings is 4. The molecule has 122 heavy (non-hydrogen) atoms. The number of nitrogens with zero attached hydrogens (tertiary/aromatic N) is 10. The molecule has 0 spiro atoms. The van der Waals surface area contributed by atoms with E-state index >= 15 is 0 Å². The number of rotatable bonds is 26. The number of ether oxygens (including phenoxy) is 2. The van der Waals surface area contributed by atoms with Crippen molar-refractivity contribution in [3.63, 3.8) is 0 Å². The number of aromatic amines is 4. The van der Waals surface area contributed by atoms with Crippen molar-refractivity contribution in [1.29, 1.82) is 0 Å². The zero-order chi connectivity index (χ0) is 77.6. The van der Waals surface area contributed by atoms with Crippen LogP contribution in [0.5, 0.6) is 0 Å². The van der Waals surface area contributed by atoms with Crippen molar-refractivity contribution in [2.24, 2.45) is 33.7 Å². The Hall–Kier alpha value is -6.98. The standard InChI is InChI=1S/2C41H52N8O6.2CH4.10H2S/c2*1-23(2)35(43-22-55-54-6)39(50)48-17-7-9-33(48)37-42-21-32(46-37)26-13-11-25(12-14-26)28-20-29(28)27-15-16-30-31(19-27)45-38(44-30)34-10-8-18-49(34)40(51)36(24(3)4)47-41(52)53-5;;;;;;;;;;;;/h2*11-16,19,21-24,28-29,33-36H,7-10,17-18,20H2,1-6H3,(H,42,46)(H,44,45)(H,47,52);2*1H4;10*1H2/t28-,29-,33+,34+,35+,36+;28-,29-,33-,34-,35-,36-;;;;;;;;;;;;/m10............/s1. The molecule has 0 radical (unpaired) electrons. The average molecular weight is 1880 g/mol. The summed E-state index contributed by atoms with van der Waals surface area (Å²) in [6.07, 6.45) is 13.8. The van der Waals surface area contributed by atoms with Gasteiger partial charge in [-0.2, -0.15) is 145 Å². The minimum atomic E-state index is -0.673. The van der Waals surface area contributed by atoms with E-state index in [-0.39, 0.29) is 221 Å². The van der Waals surface area contributed by atoms with E-state index in [0.29, 0.717) is 49.9 Å². The van der Waals surface area contributed by atoms with Gasteiger partial charge < -0.3 is 69.4 Å². The van der Waals surface area contributed by atoms with Gasteiger partial charge in [-0.1, -0.05) is 131 Å². The quantitative estimate of drug-likeness (QED) is 0.0127. The predicted octanol–water partition coefficient (Wildman–Crippen LogP) is 15.5. The molecular formula is C84H132N16O12S10. The van der Waals surface area contributed by atoms with Crippen molar-refractivity contribution >= 4 is 206 Å². The second-order valence-electron chi connectivity index (χ2n) is 31.2. The Labute approximate surface area is 787 Å². The SMILES string of the molecule is C.C.COOC=N[C@H](C(=O)N1CCC[C@H]1c1ncc(-c2ccc([C@@H]3C[C@H]3c3ccc4nc([C@@H]5CCCN5C(=O)[C@@H](NC(=O)OC)C(C)C)[nH]c4c3)cc2)[nH]1)C(C)C.COOC=N[C@H](C(=O)N1CCC[C@H]1c1ncc(-c2ccc([C@H]3C[C@@H]3c3ccc4nc([C@@H]5CCCN5C(=O)[C@@H](NC(=O)OC)C(C)C)[nH]c4c3)cc2)[nH]1)C(C)C.S.S.S.S.S.S.S.S.S.S. The molecule has 0 bridgehead atoms. The van der Waals surface area contributed by atoms with Gasteiger partial charge in [-0.3, -0.25) is 19.2 Å². The van der Waals surface area contributed by atoms with Crippen LogP contribution in [0.4, 0.5) is 9.59 Å². The van der Waals surface area contributed by atoms with Gasteiger partial charge in [-0.15, -0.1) is 0 Å². The number of H-pyrrole nitrogens is 4. The first-order valence-electron chi connectivity index (χ1n) is 38.8. The number of methoxy groups -OCH3 is 2. The summed E-state index contributed by atoms with van der Waals surface area (Å²) in [6.45, 7) is 18.1. The summed E-state index contributed by atoms with van der Waals surface area (Å²) in [5.74, 6) is 4.28. The zero-order valence-electron chi connectivity index (χ0n) is 69.9. The molecule has 4 saturated heterocycles. The number of hydrogen-bond acceptors (Lipinski definition) is 18. The molecule has 6 fully saturated rings. The molecule has 12 atom stereocenters. The van der Waals surface area contributed by atoms with Crippen LogP contribution in [-0.2, 0) is 48.2 Å². The van der Waals surface area contributed by atoms with Gasteiger partial charge in [0.2, 0.25) is 36.4 Å². The van der Waals surface area contributed by atoms with Crippen molar-refractivity contribution in [2.75, 3.05) is 54.6 Å². The number of carbonyl (C=O) groups excluding carboxylic acids is 6. The molecule has 2 saturated carbocycles. The Morgan fingerprint density at radius 3 is 1.02 bits per heavy atom. The Bertz CT molecular complexity index is 4380. The number of nitrogens with one attached hydrogen (secondary N) is 6. The summed E-state index contributed by atoms with van der Waals surface area (Å²) in [6, 6.07) is 27.2. The van der Waals surface area contributed by atoms with E-state index in [9.17, 15) is 28.8 Å². The lowest BCUT2D eigenvalue weighted by atomic mass is 10.0. The smallest absolute Gasteiger partial charge is 0.407 e. The highest BCUT2D eigenvalue weighted by Crippen LogP contribution is 2.56. The maximum atomic E-state index is 13.6. The van der Waals surface area contributed by atoms with Gasteiger partial charge in [0.05, 0.1) is 98.5 Å². The summed E-state index contributed by atoms with van der Waals surface area (Å²) in [7, 11) is 5.40. The van der Waals surface area contributed by atoms with E-state index < -0.39 is 36.4 Å². The molecule has 2 aliphatic carbocycles. The van der Waals surface area contributed by atoms with Crippen LogP contribution in [0.15, 0.2) is 107 Å². The lowest BCUT2D eigenvalue weighted by molar-refractivity contribution is -0.188. The second kappa shape index (κ2) is 51.0. The third-order valence-electron chi connectivity index (χ3n) is 22.7. The fraction of sp³-hybridized carbons (Fsp3) is 0.524. The summed E-state index contributed by atoms with van der Waals surface area (Å²) in [4.78, 5) is 147. The second-order valence-corrected chi connectivity index (χ2v) is 31.2. The molecule has 4 aromatic carbocycles. The molecule has 680 valence electrons. The molecule has 14 rings (SSSR count). The van der Waals surface area contributed by atoms with Crippen LogP contribution in [0.25, 0.3) is 44.6 Å². The molecule has 6 aliphatic rings. The fourth-order valence-electron chi connectivity index (χ4n) is 16.5. The third kappa shape index (κ3) is 25.7. The predicted molar refractivity (Wildman–Crippen MR) is 531 cm³/mol. The molecule has 0 unspecified atom stereocenters. The highest BCUT2D eigenvalue weighted by atomic mass is 32.1. The maximum Gasteiger partial charge on any atom is 0.407 e. The van der Waals surface area contributed by atoms with E-state index in [1.54, 1.807) is 0 Å². The highest BCUT2D eigenvalue weighted by Gasteiger charge is 2.45. The first-order valence-corrected chi connectivity index (χ1v) is 38.8. The van der Waals surface area contributed by atoms with Gasteiger partial charge in [-0.05, 0) is 169 Å². The van der Waals surface area contributed by atoms with E-state index in [0.717, 1.165) is 132 Å². The molecule has 28 nitrogen and oxygen atoms in total. The first kappa shape index (κ1) is 113. The Balaban J connectivity index is 0.00000111. The van der Waals surface area contributed by atoms with Crippen molar-refractivity contribution < 1.29 is 57.8 Å². The minimum absolute atomic E-state index is 0. The third-order valence-corrected chi connectivity index (χ3v) is 22.7. The Kier molecular flexibility index (Phi) is 47.2. The molecule has 8 aromatic rings. The lowest BCUT2D eigenvalue weighted by Crippen LogP contribution is -2.51. The van der Waals surface area contributed by atoms with Gasteiger partial charge in [0.25, 0.3) is 0 Å². The number of amides is 6. The number of imidazole rings is 4. The van der Waals surface area contributed by atoms with Crippen molar-refractivity contribution in [1.82, 2.24) is 70.1 Å². The number of hydrogen-bond donors (Lipinski definition) is 6. The number of fused-ring (bicyclic) bond motifs is 2. The molecule has 6 N–H and O–H groups in total. The lowest BCUT2D eigenvalue weighted by Gasteiger charge is -2.29. The molecular weight excluding hydrogens is 1750 g/mol. The summed E-state index contributed by atoms with van der Waals surface area (Å²) in [5.41, 5.74) is 12.7. The number of alkyl carbamates (subject to hydrolysis) is 2. The zero-order valence-corrected chi connectivity index (χ0v) is 79.9. The topological polar surface area (TPSA) is 334 Å². The van der Waals surface area contributed by atoms with Crippen LogP contribution < -0.4 is 10.6 Å². The number of aliphatic imine (C=N–C) groups is 2. The van der Waals surface area contributed by atoms with E-state index in [1.165, 1.54) is 63.5 Å². The largest absolute Gasteiger partial charge is 0.453 e. The van der Waals surface area contributed by atoms with Gasteiger partial charge in [0.1, 0.15) is 47.5 Å². The monoisotopic (exact) mass is 1880 g/mol. The number of carbonyl (C=O) groups is 6. The normalized spacial score (nSPS) is 20.0. The van der Waals surface area contributed by atoms with E-state index in [4.69, 9.17) is 39.2 Å². The van der Waals surface area contributed by atoms with Crippen molar-refractivity contribution in [3.8, 4) is 22.5 Å². The van der Waals surface area contributed by atoms with Gasteiger partial charge in [0.15, 0.2) is 0 Å². The Morgan fingerprint density at radius 1 is 0.410 bits per heavy atom. The van der Waals surface area contributed by atoms with E-state index in [1.807, 2.05) is 87.4 Å². The number of aromatic nitrogens is 8. The van der Waals surface area contributed by atoms with Gasteiger partial charge in [-0.25, -0.2) is 39.5 Å². The van der Waals surface area contributed by atoms with Crippen molar-refractivity contribution in [2.45, 2.75) is 206 Å². The highest BCUT2D eigenvalue weighted by molar-refractivity contribution is 7.60. The summed E-state index contributed by atoms with van der Waals surface area (Å²) >= 11 is 0. The minimum Gasteiger partial charge on any atom is -0.453 e.